The molecule has 7 nitrogen and oxygen atoms in total. The number of nitrogens with one attached hydrogen (secondary N) is 1. The first-order valence-electron chi connectivity index (χ1n) is 9.79. The van der Waals surface area contributed by atoms with Crippen molar-refractivity contribution in [3.63, 3.8) is 0 Å². The van der Waals surface area contributed by atoms with E-state index in [1.807, 2.05) is 30.3 Å². The quantitative estimate of drug-likeness (QED) is 0.476. The molecule has 0 atom stereocenters. The average molecular weight is 448 g/mol. The predicted molar refractivity (Wildman–Crippen MR) is 125 cm³/mol. The Morgan fingerprint density at radius 1 is 0.938 bits per heavy atom. The van der Waals surface area contributed by atoms with Crippen LogP contribution in [0.2, 0.25) is 0 Å². The molecular formula is C24H21N3O4S. The molecule has 1 heterocycles. The highest BCUT2D eigenvalue weighted by molar-refractivity contribution is 7.92. The van der Waals surface area contributed by atoms with Crippen molar-refractivity contribution < 1.29 is 17.9 Å². The van der Waals surface area contributed by atoms with Gasteiger partial charge in [0.2, 0.25) is 0 Å². The zero-order chi connectivity index (χ0) is 22.7. The molecule has 4 aromatic rings. The summed E-state index contributed by atoms with van der Waals surface area (Å²) >= 11 is 0. The monoisotopic (exact) mass is 447 g/mol. The summed E-state index contributed by atoms with van der Waals surface area (Å²) in [7, 11) is -0.870. The maximum absolute atomic E-state index is 13.1. The van der Waals surface area contributed by atoms with E-state index in [0.29, 0.717) is 17.3 Å². The molecule has 0 saturated heterocycles. The molecule has 8 heteroatoms. The minimum atomic E-state index is -3.87. The molecule has 1 N–H and O–H groups in total. The molecule has 3 aromatic carbocycles. The smallest absolute Gasteiger partial charge is 0.264 e. The average Bonchev–Trinajstić information content (AvgIpc) is 2.83. The molecule has 1 aromatic heterocycles. The molecule has 0 radical (unpaired) electrons. The van der Waals surface area contributed by atoms with E-state index in [1.165, 1.54) is 25.2 Å². The SMILES string of the molecule is COc1ccc(N(C)S(=O)(=O)c2cccc(C(=O)Nc3ccc4ccccc4n3)c2)cc1. The Kier molecular flexibility index (Phi) is 5.79. The van der Waals surface area contributed by atoms with Crippen molar-refractivity contribution in [3.05, 3.63) is 90.5 Å². The van der Waals surface area contributed by atoms with E-state index in [2.05, 4.69) is 10.3 Å². The molecule has 1 amide bonds. The van der Waals surface area contributed by atoms with Crippen LogP contribution in [0.1, 0.15) is 10.4 Å². The van der Waals surface area contributed by atoms with Crippen LogP contribution in [0, 0.1) is 0 Å². The van der Waals surface area contributed by atoms with Crippen molar-refractivity contribution in [1.29, 1.82) is 0 Å². The van der Waals surface area contributed by atoms with E-state index >= 15 is 0 Å². The Hall–Kier alpha value is -3.91. The number of para-hydroxylation sites is 1. The molecule has 0 aliphatic rings. The fourth-order valence-corrected chi connectivity index (χ4v) is 4.45. The first kappa shape index (κ1) is 21.3. The summed E-state index contributed by atoms with van der Waals surface area (Å²) < 4.78 is 32.5. The normalized spacial score (nSPS) is 11.2. The molecule has 0 aliphatic heterocycles. The van der Waals surface area contributed by atoms with Gasteiger partial charge in [0.1, 0.15) is 11.6 Å². The van der Waals surface area contributed by atoms with Gasteiger partial charge in [-0.3, -0.25) is 9.10 Å². The summed E-state index contributed by atoms with van der Waals surface area (Å²) in [5.74, 6) is 0.565. The lowest BCUT2D eigenvalue weighted by molar-refractivity contribution is 0.102. The number of aromatic nitrogens is 1. The highest BCUT2D eigenvalue weighted by atomic mass is 32.2. The number of benzene rings is 3. The van der Waals surface area contributed by atoms with E-state index in [4.69, 9.17) is 4.74 Å². The summed E-state index contributed by atoms with van der Waals surface area (Å²) in [4.78, 5) is 17.2. The van der Waals surface area contributed by atoms with Gasteiger partial charge in [-0.05, 0) is 60.7 Å². The van der Waals surface area contributed by atoms with E-state index < -0.39 is 15.9 Å². The van der Waals surface area contributed by atoms with E-state index in [0.717, 1.165) is 15.2 Å². The van der Waals surface area contributed by atoms with Crippen LogP contribution in [0.25, 0.3) is 10.9 Å². The van der Waals surface area contributed by atoms with Gasteiger partial charge >= 0.3 is 0 Å². The molecule has 4 rings (SSSR count). The van der Waals surface area contributed by atoms with Crippen molar-refractivity contribution in [1.82, 2.24) is 4.98 Å². The van der Waals surface area contributed by atoms with Crippen LogP contribution in [0.15, 0.2) is 89.8 Å². The molecule has 0 bridgehead atoms. The van der Waals surface area contributed by atoms with Crippen LogP contribution < -0.4 is 14.4 Å². The number of fused-ring (bicyclic) bond motifs is 1. The van der Waals surface area contributed by atoms with Crippen LogP contribution in [-0.4, -0.2) is 33.5 Å². The third-order valence-electron chi connectivity index (χ3n) is 5.03. The lowest BCUT2D eigenvalue weighted by Gasteiger charge is -2.20. The molecular weight excluding hydrogens is 426 g/mol. The minimum absolute atomic E-state index is 0.00920. The number of sulfonamides is 1. The van der Waals surface area contributed by atoms with Crippen molar-refractivity contribution in [2.45, 2.75) is 4.90 Å². The number of pyridine rings is 1. The Bertz CT molecular complexity index is 1390. The maximum atomic E-state index is 13.1. The second-order valence-corrected chi connectivity index (χ2v) is 9.01. The van der Waals surface area contributed by atoms with Crippen molar-refractivity contribution in [2.24, 2.45) is 0 Å². The van der Waals surface area contributed by atoms with Crippen LogP contribution in [0.4, 0.5) is 11.5 Å². The summed E-state index contributed by atoms with van der Waals surface area (Å²) in [6.45, 7) is 0. The molecule has 0 fully saturated rings. The number of rotatable bonds is 6. The van der Waals surface area contributed by atoms with E-state index in [9.17, 15) is 13.2 Å². The summed E-state index contributed by atoms with van der Waals surface area (Å²) in [5.41, 5.74) is 1.44. The Morgan fingerprint density at radius 2 is 1.69 bits per heavy atom. The number of anilines is 2. The molecule has 0 saturated carbocycles. The molecule has 0 unspecified atom stereocenters. The summed E-state index contributed by atoms with van der Waals surface area (Å²) in [5, 5.41) is 3.69. The van der Waals surface area contributed by atoms with Crippen LogP contribution in [0.5, 0.6) is 5.75 Å². The highest BCUT2D eigenvalue weighted by Crippen LogP contribution is 2.25. The summed E-state index contributed by atoms with van der Waals surface area (Å²) in [6.07, 6.45) is 0. The molecule has 162 valence electrons. The maximum Gasteiger partial charge on any atom is 0.264 e. The zero-order valence-electron chi connectivity index (χ0n) is 17.5. The molecule has 0 spiro atoms. The van der Waals surface area contributed by atoms with Crippen molar-refractivity contribution in [3.8, 4) is 5.75 Å². The first-order valence-corrected chi connectivity index (χ1v) is 11.2. The number of nitrogens with zero attached hydrogens (tertiary/aromatic N) is 2. The number of carbonyl (C=O) groups excluding carboxylic acids is 1. The van der Waals surface area contributed by atoms with Gasteiger partial charge in [0.15, 0.2) is 0 Å². The minimum Gasteiger partial charge on any atom is -0.497 e. The predicted octanol–water partition coefficient (Wildman–Crippen LogP) is 4.32. The van der Waals surface area contributed by atoms with Gasteiger partial charge in [-0.2, -0.15) is 0 Å². The van der Waals surface area contributed by atoms with Crippen LogP contribution in [0.3, 0.4) is 0 Å². The number of amides is 1. The van der Waals surface area contributed by atoms with Crippen LogP contribution >= 0.6 is 0 Å². The Labute approximate surface area is 186 Å². The lowest BCUT2D eigenvalue weighted by atomic mass is 10.2. The van der Waals surface area contributed by atoms with Crippen molar-refractivity contribution in [2.75, 3.05) is 23.8 Å². The standard InChI is InChI=1S/C24H21N3O4S/c1-27(19-11-13-20(31-2)14-12-19)32(29,30)21-8-5-7-18(16-21)24(28)26-23-15-10-17-6-3-4-9-22(17)25-23/h3-16H,1-2H3,(H,25,26,28). The number of ether oxygens (including phenoxy) is 1. The number of hydrogen-bond acceptors (Lipinski definition) is 5. The second kappa shape index (κ2) is 8.68. The second-order valence-electron chi connectivity index (χ2n) is 7.04. The van der Waals surface area contributed by atoms with Gasteiger partial charge in [-0.1, -0.05) is 24.3 Å². The number of carbonyl (C=O) groups is 1. The van der Waals surface area contributed by atoms with E-state index in [1.54, 1.807) is 43.5 Å². The van der Waals surface area contributed by atoms with Crippen molar-refractivity contribution >= 4 is 38.3 Å². The van der Waals surface area contributed by atoms with Crippen LogP contribution in [-0.2, 0) is 10.0 Å². The lowest BCUT2D eigenvalue weighted by Crippen LogP contribution is -2.26. The van der Waals surface area contributed by atoms with Gasteiger partial charge in [-0.25, -0.2) is 13.4 Å². The first-order chi connectivity index (χ1) is 15.4. The number of methoxy groups -OCH3 is 1. The van der Waals surface area contributed by atoms with Gasteiger partial charge in [0.05, 0.1) is 23.2 Å². The zero-order valence-corrected chi connectivity index (χ0v) is 18.3. The number of hydrogen-bond donors (Lipinski definition) is 1. The van der Waals surface area contributed by atoms with Gasteiger partial charge < -0.3 is 10.1 Å². The highest BCUT2D eigenvalue weighted by Gasteiger charge is 2.22. The third-order valence-corrected chi connectivity index (χ3v) is 6.81. The Balaban J connectivity index is 1.57. The van der Waals surface area contributed by atoms with Gasteiger partial charge in [0.25, 0.3) is 15.9 Å². The van der Waals surface area contributed by atoms with Gasteiger partial charge in [-0.15, -0.1) is 0 Å². The topological polar surface area (TPSA) is 88.6 Å². The third kappa shape index (κ3) is 4.26. The summed E-state index contributed by atoms with van der Waals surface area (Å²) in [6, 6.07) is 23.7. The fraction of sp³-hybridized carbons (Fsp3) is 0.0833. The van der Waals surface area contributed by atoms with Gasteiger partial charge in [0, 0.05) is 18.0 Å². The Morgan fingerprint density at radius 3 is 2.44 bits per heavy atom. The van der Waals surface area contributed by atoms with E-state index in [-0.39, 0.29) is 10.5 Å². The molecule has 0 aliphatic carbocycles. The fourth-order valence-electron chi connectivity index (χ4n) is 3.21. The largest absolute Gasteiger partial charge is 0.497 e. The molecule has 32 heavy (non-hydrogen) atoms.